The average molecular weight is 236 g/mol. The molecule has 1 fully saturated rings. The van der Waals surface area contributed by atoms with Crippen molar-refractivity contribution in [3.8, 4) is 0 Å². The van der Waals surface area contributed by atoms with Crippen molar-refractivity contribution in [2.75, 3.05) is 19.8 Å². The van der Waals surface area contributed by atoms with E-state index < -0.39 is 0 Å². The fraction of sp³-hybridized carbons (Fsp3) is 0.714. The molecular formula is C14H24N2O. The highest BCUT2D eigenvalue weighted by atomic mass is 16.5. The molecule has 1 saturated heterocycles. The van der Waals surface area contributed by atoms with E-state index in [0.29, 0.717) is 0 Å². The molecule has 0 aliphatic carbocycles. The zero-order valence-electron chi connectivity index (χ0n) is 11.3. The minimum atomic E-state index is 0.800. The first kappa shape index (κ1) is 12.7. The van der Waals surface area contributed by atoms with Gasteiger partial charge in [-0.1, -0.05) is 0 Å². The molecule has 0 atom stereocenters. The molecule has 0 bridgehead atoms. The van der Waals surface area contributed by atoms with Crippen LogP contribution in [0.1, 0.15) is 29.8 Å². The van der Waals surface area contributed by atoms with Gasteiger partial charge in [0, 0.05) is 38.2 Å². The lowest BCUT2D eigenvalue weighted by Gasteiger charge is -2.22. The summed E-state index contributed by atoms with van der Waals surface area (Å²) in [5, 5.41) is 3.58. The Bertz CT molecular complexity index is 365. The molecule has 2 heterocycles. The Morgan fingerprint density at radius 2 is 2.06 bits per heavy atom. The lowest BCUT2D eigenvalue weighted by Crippen LogP contribution is -2.27. The van der Waals surface area contributed by atoms with Gasteiger partial charge in [0.25, 0.3) is 0 Å². The van der Waals surface area contributed by atoms with E-state index in [2.05, 4.69) is 36.8 Å². The molecule has 0 saturated carbocycles. The van der Waals surface area contributed by atoms with Crippen molar-refractivity contribution in [3.05, 3.63) is 23.0 Å². The van der Waals surface area contributed by atoms with Gasteiger partial charge in [-0.3, -0.25) is 0 Å². The van der Waals surface area contributed by atoms with Crippen molar-refractivity contribution >= 4 is 0 Å². The van der Waals surface area contributed by atoms with E-state index in [-0.39, 0.29) is 0 Å². The molecule has 0 aromatic carbocycles. The van der Waals surface area contributed by atoms with Gasteiger partial charge in [0.2, 0.25) is 0 Å². The minimum Gasteiger partial charge on any atom is -0.381 e. The van der Waals surface area contributed by atoms with Crippen LogP contribution in [-0.2, 0) is 18.3 Å². The normalized spacial score (nSPS) is 17.6. The van der Waals surface area contributed by atoms with Crippen LogP contribution in [0, 0.1) is 19.8 Å². The number of hydrogen-bond donors (Lipinski definition) is 1. The molecule has 0 spiro atoms. The Kier molecular flexibility index (Phi) is 4.24. The molecule has 1 aliphatic heterocycles. The first-order valence-corrected chi connectivity index (χ1v) is 6.58. The maximum absolute atomic E-state index is 5.37. The van der Waals surface area contributed by atoms with Gasteiger partial charge in [-0.25, -0.2) is 0 Å². The van der Waals surface area contributed by atoms with Gasteiger partial charge in [-0.05, 0) is 50.8 Å². The first-order valence-electron chi connectivity index (χ1n) is 6.58. The molecule has 1 N–H and O–H groups in total. The predicted octanol–water partition coefficient (Wildman–Crippen LogP) is 2.16. The fourth-order valence-electron chi connectivity index (χ4n) is 2.47. The molecule has 96 valence electrons. The summed E-state index contributed by atoms with van der Waals surface area (Å²) in [6.45, 7) is 8.35. The second kappa shape index (κ2) is 5.69. The fourth-order valence-corrected chi connectivity index (χ4v) is 2.47. The van der Waals surface area contributed by atoms with Crippen LogP contribution in [0.5, 0.6) is 0 Å². The van der Waals surface area contributed by atoms with Crippen LogP contribution in [0.2, 0.25) is 0 Å². The van der Waals surface area contributed by atoms with Crippen molar-refractivity contribution in [1.29, 1.82) is 0 Å². The number of nitrogens with one attached hydrogen (secondary N) is 1. The van der Waals surface area contributed by atoms with E-state index in [1.807, 2.05) is 0 Å². The summed E-state index contributed by atoms with van der Waals surface area (Å²) in [4.78, 5) is 0. The second-order valence-corrected chi connectivity index (χ2v) is 5.14. The summed E-state index contributed by atoms with van der Waals surface area (Å²) in [6, 6.07) is 2.28. The molecule has 2 rings (SSSR count). The highest BCUT2D eigenvalue weighted by Crippen LogP contribution is 2.15. The van der Waals surface area contributed by atoms with Crippen molar-refractivity contribution < 1.29 is 4.74 Å². The van der Waals surface area contributed by atoms with Gasteiger partial charge >= 0.3 is 0 Å². The highest BCUT2D eigenvalue weighted by Gasteiger charge is 2.13. The van der Waals surface area contributed by atoms with E-state index in [1.54, 1.807) is 0 Å². The summed E-state index contributed by atoms with van der Waals surface area (Å²) >= 11 is 0. The number of nitrogens with zero attached hydrogens (tertiary/aromatic N) is 1. The maximum Gasteiger partial charge on any atom is 0.0469 e. The van der Waals surface area contributed by atoms with Gasteiger partial charge in [0.1, 0.15) is 0 Å². The van der Waals surface area contributed by atoms with Crippen LogP contribution in [0.4, 0.5) is 0 Å². The number of rotatable bonds is 4. The quantitative estimate of drug-likeness (QED) is 0.867. The number of ether oxygens (including phenoxy) is 1. The summed E-state index contributed by atoms with van der Waals surface area (Å²) in [7, 11) is 2.13. The van der Waals surface area contributed by atoms with E-state index in [1.165, 1.54) is 29.8 Å². The Morgan fingerprint density at radius 1 is 1.35 bits per heavy atom. The lowest BCUT2D eigenvalue weighted by atomic mass is 10.0. The average Bonchev–Trinajstić information content (AvgIpc) is 2.59. The summed E-state index contributed by atoms with van der Waals surface area (Å²) in [5.74, 6) is 0.800. The molecule has 0 amide bonds. The van der Waals surface area contributed by atoms with Crippen LogP contribution in [0.25, 0.3) is 0 Å². The van der Waals surface area contributed by atoms with Crippen LogP contribution in [0.3, 0.4) is 0 Å². The Balaban J connectivity index is 1.79. The molecule has 1 aromatic heterocycles. The molecule has 1 aliphatic rings. The van der Waals surface area contributed by atoms with Gasteiger partial charge < -0.3 is 14.6 Å². The van der Waals surface area contributed by atoms with Crippen molar-refractivity contribution in [2.24, 2.45) is 13.0 Å². The van der Waals surface area contributed by atoms with Crippen LogP contribution >= 0.6 is 0 Å². The first-order chi connectivity index (χ1) is 8.18. The Morgan fingerprint density at radius 3 is 2.65 bits per heavy atom. The van der Waals surface area contributed by atoms with Gasteiger partial charge in [-0.2, -0.15) is 0 Å². The van der Waals surface area contributed by atoms with Gasteiger partial charge in [0.15, 0.2) is 0 Å². The highest BCUT2D eigenvalue weighted by molar-refractivity contribution is 5.26. The largest absolute Gasteiger partial charge is 0.381 e. The molecule has 3 heteroatoms. The third-order valence-electron chi connectivity index (χ3n) is 3.97. The van der Waals surface area contributed by atoms with Crippen molar-refractivity contribution in [2.45, 2.75) is 33.2 Å². The molecule has 0 radical (unpaired) electrons. The SMILES string of the molecule is Cc1cc(CNCC2CCOCC2)c(C)n1C. The van der Waals surface area contributed by atoms with Crippen molar-refractivity contribution in [3.63, 3.8) is 0 Å². The lowest BCUT2D eigenvalue weighted by molar-refractivity contribution is 0.0662. The summed E-state index contributed by atoms with van der Waals surface area (Å²) in [6.07, 6.45) is 2.42. The van der Waals surface area contributed by atoms with Crippen LogP contribution in [-0.4, -0.2) is 24.3 Å². The second-order valence-electron chi connectivity index (χ2n) is 5.14. The van der Waals surface area contributed by atoms with Gasteiger partial charge in [-0.15, -0.1) is 0 Å². The minimum absolute atomic E-state index is 0.800. The number of hydrogen-bond acceptors (Lipinski definition) is 2. The predicted molar refractivity (Wildman–Crippen MR) is 70.1 cm³/mol. The topological polar surface area (TPSA) is 26.2 Å². The van der Waals surface area contributed by atoms with Gasteiger partial charge in [0.05, 0.1) is 0 Å². The third-order valence-corrected chi connectivity index (χ3v) is 3.97. The molecular weight excluding hydrogens is 212 g/mol. The smallest absolute Gasteiger partial charge is 0.0469 e. The Hall–Kier alpha value is -0.800. The molecule has 3 nitrogen and oxygen atoms in total. The monoisotopic (exact) mass is 236 g/mol. The Labute approximate surface area is 104 Å². The zero-order valence-corrected chi connectivity index (χ0v) is 11.3. The van der Waals surface area contributed by atoms with Crippen LogP contribution < -0.4 is 5.32 Å². The van der Waals surface area contributed by atoms with Crippen molar-refractivity contribution in [1.82, 2.24) is 9.88 Å². The molecule has 1 aromatic rings. The van der Waals surface area contributed by atoms with Crippen LogP contribution in [0.15, 0.2) is 6.07 Å². The number of aryl methyl sites for hydroxylation is 1. The van der Waals surface area contributed by atoms with E-state index >= 15 is 0 Å². The summed E-state index contributed by atoms with van der Waals surface area (Å²) < 4.78 is 7.63. The number of aromatic nitrogens is 1. The van der Waals surface area contributed by atoms with E-state index in [4.69, 9.17) is 4.74 Å². The molecule has 0 unspecified atom stereocenters. The maximum atomic E-state index is 5.37. The zero-order chi connectivity index (χ0) is 12.3. The standard InChI is InChI=1S/C14H24N2O/c1-11-8-14(12(2)16(11)3)10-15-9-13-4-6-17-7-5-13/h8,13,15H,4-7,9-10H2,1-3H3. The third kappa shape index (κ3) is 3.11. The van der Waals surface area contributed by atoms with E-state index in [9.17, 15) is 0 Å². The van der Waals surface area contributed by atoms with E-state index in [0.717, 1.165) is 32.2 Å². The summed E-state index contributed by atoms with van der Waals surface area (Å²) in [5.41, 5.74) is 4.14. The molecule has 17 heavy (non-hydrogen) atoms.